The Kier molecular flexibility index (Phi) is 5.16. The molecule has 122 valence electrons. The number of phenolic OH excluding ortho intramolecular Hbond substituents is 1. The zero-order valence-electron chi connectivity index (χ0n) is 14.0. The van der Waals surface area contributed by atoms with Gasteiger partial charge in [0.05, 0.1) is 13.7 Å². The highest BCUT2D eigenvalue weighted by molar-refractivity contribution is 5.80. The van der Waals surface area contributed by atoms with Crippen LogP contribution in [0.3, 0.4) is 0 Å². The highest BCUT2D eigenvalue weighted by Crippen LogP contribution is 2.29. The van der Waals surface area contributed by atoms with E-state index in [-0.39, 0.29) is 5.75 Å². The molecule has 5 nitrogen and oxygen atoms in total. The second-order valence-corrected chi connectivity index (χ2v) is 6.51. The van der Waals surface area contributed by atoms with Crippen molar-refractivity contribution >= 4 is 5.96 Å². The van der Waals surface area contributed by atoms with Gasteiger partial charge in [-0.25, -0.2) is 4.99 Å². The summed E-state index contributed by atoms with van der Waals surface area (Å²) in [4.78, 5) is 7.02. The molecule has 1 aliphatic rings. The van der Waals surface area contributed by atoms with Crippen molar-refractivity contribution in [3.05, 3.63) is 23.8 Å². The SMILES string of the molecule is CCNC(=NCc1ccc(OC)c(O)c1)N1CCC(C)(C)C1. The lowest BCUT2D eigenvalue weighted by atomic mass is 9.93. The third-order valence-electron chi connectivity index (χ3n) is 3.97. The van der Waals surface area contributed by atoms with E-state index in [9.17, 15) is 5.11 Å². The van der Waals surface area contributed by atoms with Crippen LogP contribution in [-0.2, 0) is 6.54 Å². The second kappa shape index (κ2) is 6.90. The summed E-state index contributed by atoms with van der Waals surface area (Å²) in [5.74, 6) is 1.59. The Labute approximate surface area is 133 Å². The number of methoxy groups -OCH3 is 1. The van der Waals surface area contributed by atoms with E-state index < -0.39 is 0 Å². The molecule has 0 spiro atoms. The van der Waals surface area contributed by atoms with Crippen molar-refractivity contribution in [2.75, 3.05) is 26.7 Å². The maximum Gasteiger partial charge on any atom is 0.194 e. The van der Waals surface area contributed by atoms with Gasteiger partial charge in [0, 0.05) is 19.6 Å². The number of hydrogen-bond donors (Lipinski definition) is 2. The fraction of sp³-hybridized carbons (Fsp3) is 0.588. The van der Waals surface area contributed by atoms with Gasteiger partial charge in [0.2, 0.25) is 0 Å². The zero-order chi connectivity index (χ0) is 16.2. The summed E-state index contributed by atoms with van der Waals surface area (Å²) < 4.78 is 5.06. The minimum absolute atomic E-state index is 0.155. The largest absolute Gasteiger partial charge is 0.504 e. The quantitative estimate of drug-likeness (QED) is 0.663. The molecule has 1 heterocycles. The number of guanidine groups is 1. The third kappa shape index (κ3) is 4.06. The molecule has 0 aliphatic carbocycles. The van der Waals surface area contributed by atoms with Gasteiger partial charge in [0.1, 0.15) is 0 Å². The Morgan fingerprint density at radius 2 is 2.23 bits per heavy atom. The Hall–Kier alpha value is -1.91. The first-order chi connectivity index (χ1) is 10.4. The van der Waals surface area contributed by atoms with E-state index in [1.165, 1.54) is 6.42 Å². The van der Waals surface area contributed by atoms with Gasteiger partial charge in [-0.1, -0.05) is 19.9 Å². The number of ether oxygens (including phenoxy) is 1. The second-order valence-electron chi connectivity index (χ2n) is 6.51. The maximum absolute atomic E-state index is 9.84. The Bertz CT molecular complexity index is 541. The molecule has 1 fully saturated rings. The van der Waals surface area contributed by atoms with Gasteiger partial charge < -0.3 is 20.1 Å². The van der Waals surface area contributed by atoms with Crippen LogP contribution in [0.1, 0.15) is 32.8 Å². The first-order valence-electron chi connectivity index (χ1n) is 7.84. The molecule has 0 atom stereocenters. The van der Waals surface area contributed by atoms with Crippen molar-refractivity contribution in [1.29, 1.82) is 0 Å². The summed E-state index contributed by atoms with van der Waals surface area (Å²) in [6, 6.07) is 5.41. The number of nitrogens with one attached hydrogen (secondary N) is 1. The molecule has 1 aliphatic heterocycles. The maximum atomic E-state index is 9.84. The fourth-order valence-corrected chi connectivity index (χ4v) is 2.72. The first kappa shape index (κ1) is 16.5. The summed E-state index contributed by atoms with van der Waals surface area (Å²) in [5, 5.41) is 13.2. The molecule has 1 saturated heterocycles. The zero-order valence-corrected chi connectivity index (χ0v) is 14.0. The van der Waals surface area contributed by atoms with Crippen molar-refractivity contribution in [2.45, 2.75) is 33.7 Å². The molecule has 0 saturated carbocycles. The molecular formula is C17H27N3O2. The Balaban J connectivity index is 2.09. The number of phenols is 1. The van der Waals surface area contributed by atoms with E-state index in [2.05, 4.69) is 31.0 Å². The van der Waals surface area contributed by atoms with Crippen LogP contribution in [0, 0.1) is 5.41 Å². The lowest BCUT2D eigenvalue weighted by Gasteiger charge is -2.23. The molecule has 22 heavy (non-hydrogen) atoms. The Morgan fingerprint density at radius 3 is 2.77 bits per heavy atom. The molecule has 0 aromatic heterocycles. The number of benzene rings is 1. The van der Waals surface area contributed by atoms with Crippen LogP contribution in [0.2, 0.25) is 0 Å². The lowest BCUT2D eigenvalue weighted by molar-refractivity contribution is 0.370. The van der Waals surface area contributed by atoms with Crippen LogP contribution in [0.4, 0.5) is 0 Å². The molecular weight excluding hydrogens is 278 g/mol. The molecule has 0 radical (unpaired) electrons. The highest BCUT2D eigenvalue weighted by Gasteiger charge is 2.30. The summed E-state index contributed by atoms with van der Waals surface area (Å²) in [6.45, 7) is 10.1. The van der Waals surface area contributed by atoms with E-state index in [1.54, 1.807) is 19.2 Å². The van der Waals surface area contributed by atoms with Gasteiger partial charge in [-0.15, -0.1) is 0 Å². The molecule has 2 N–H and O–H groups in total. The minimum Gasteiger partial charge on any atom is -0.504 e. The number of hydrogen-bond acceptors (Lipinski definition) is 3. The van der Waals surface area contributed by atoms with Gasteiger partial charge in [0.25, 0.3) is 0 Å². The third-order valence-corrected chi connectivity index (χ3v) is 3.97. The van der Waals surface area contributed by atoms with Crippen molar-refractivity contribution in [1.82, 2.24) is 10.2 Å². The molecule has 0 unspecified atom stereocenters. The van der Waals surface area contributed by atoms with E-state index >= 15 is 0 Å². The molecule has 1 aromatic rings. The van der Waals surface area contributed by atoms with Crippen LogP contribution in [0.25, 0.3) is 0 Å². The number of aliphatic imine (C=N–C) groups is 1. The number of nitrogens with zero attached hydrogens (tertiary/aromatic N) is 2. The van der Waals surface area contributed by atoms with Gasteiger partial charge in [-0.3, -0.25) is 0 Å². The molecule has 0 bridgehead atoms. The van der Waals surface area contributed by atoms with Gasteiger partial charge in [-0.05, 0) is 36.5 Å². The summed E-state index contributed by atoms with van der Waals surface area (Å²) in [6.07, 6.45) is 1.18. The van der Waals surface area contributed by atoms with Gasteiger partial charge in [0.15, 0.2) is 17.5 Å². The van der Waals surface area contributed by atoms with Gasteiger partial charge in [-0.2, -0.15) is 0 Å². The van der Waals surface area contributed by atoms with Crippen molar-refractivity contribution in [3.8, 4) is 11.5 Å². The van der Waals surface area contributed by atoms with Crippen LogP contribution >= 0.6 is 0 Å². The van der Waals surface area contributed by atoms with Crippen LogP contribution in [0.5, 0.6) is 11.5 Å². The normalized spacial score (nSPS) is 17.6. The van der Waals surface area contributed by atoms with Crippen molar-refractivity contribution in [2.24, 2.45) is 10.4 Å². The summed E-state index contributed by atoms with van der Waals surface area (Å²) in [7, 11) is 1.55. The van der Waals surface area contributed by atoms with E-state index in [0.717, 1.165) is 31.2 Å². The molecule has 2 rings (SSSR count). The van der Waals surface area contributed by atoms with Crippen LogP contribution < -0.4 is 10.1 Å². The number of likely N-dealkylation sites (tertiary alicyclic amines) is 1. The monoisotopic (exact) mass is 305 g/mol. The standard InChI is InChI=1S/C17H27N3O2/c1-5-18-16(20-9-8-17(2,3)12-20)19-11-13-6-7-15(22-4)14(21)10-13/h6-7,10,21H,5,8-9,11-12H2,1-4H3,(H,18,19). The van der Waals surface area contributed by atoms with Crippen LogP contribution in [-0.4, -0.2) is 42.7 Å². The predicted molar refractivity (Wildman–Crippen MR) is 89.4 cm³/mol. The first-order valence-corrected chi connectivity index (χ1v) is 7.84. The predicted octanol–water partition coefficient (Wildman–Crippen LogP) is 2.60. The van der Waals surface area contributed by atoms with Crippen molar-refractivity contribution in [3.63, 3.8) is 0 Å². The number of rotatable bonds is 4. The average Bonchev–Trinajstić information content (AvgIpc) is 2.83. The number of aromatic hydroxyl groups is 1. The molecule has 1 aromatic carbocycles. The molecule has 0 amide bonds. The van der Waals surface area contributed by atoms with E-state index in [0.29, 0.717) is 17.7 Å². The summed E-state index contributed by atoms with van der Waals surface area (Å²) in [5.41, 5.74) is 1.31. The van der Waals surface area contributed by atoms with Gasteiger partial charge >= 0.3 is 0 Å². The van der Waals surface area contributed by atoms with Crippen LogP contribution in [0.15, 0.2) is 23.2 Å². The average molecular weight is 305 g/mol. The van der Waals surface area contributed by atoms with E-state index in [1.807, 2.05) is 6.07 Å². The van der Waals surface area contributed by atoms with Crippen molar-refractivity contribution < 1.29 is 9.84 Å². The Morgan fingerprint density at radius 1 is 1.45 bits per heavy atom. The molecule has 5 heteroatoms. The van der Waals surface area contributed by atoms with E-state index in [4.69, 9.17) is 9.73 Å². The summed E-state index contributed by atoms with van der Waals surface area (Å²) >= 11 is 0. The topological polar surface area (TPSA) is 57.1 Å². The lowest BCUT2D eigenvalue weighted by Crippen LogP contribution is -2.40. The smallest absolute Gasteiger partial charge is 0.194 e. The minimum atomic E-state index is 0.155. The fourth-order valence-electron chi connectivity index (χ4n) is 2.72. The highest BCUT2D eigenvalue weighted by atomic mass is 16.5.